The molecule has 24 heavy (non-hydrogen) atoms. The summed E-state index contributed by atoms with van der Waals surface area (Å²) in [5.74, 6) is -1.16. The number of aromatic nitrogens is 1. The zero-order valence-electron chi connectivity index (χ0n) is 13.8. The highest BCUT2D eigenvalue weighted by atomic mass is 19.4. The summed E-state index contributed by atoms with van der Waals surface area (Å²) in [5.41, 5.74) is 2.32. The number of H-pyrrole nitrogens is 1. The molecule has 134 valence electrons. The van der Waals surface area contributed by atoms with Crippen LogP contribution < -0.4 is 5.32 Å². The Kier molecular flexibility index (Phi) is 5.69. The first-order chi connectivity index (χ1) is 11.2. The predicted octanol–water partition coefficient (Wildman–Crippen LogP) is 2.20. The highest BCUT2D eigenvalue weighted by Crippen LogP contribution is 2.19. The van der Waals surface area contributed by atoms with Gasteiger partial charge < -0.3 is 10.3 Å². The van der Waals surface area contributed by atoms with Crippen LogP contribution in [0.25, 0.3) is 0 Å². The fourth-order valence-electron chi connectivity index (χ4n) is 3.05. The number of ketones is 1. The number of aromatic amines is 1. The number of hydrogen-bond donors (Lipinski definition) is 2. The molecule has 0 unspecified atom stereocenters. The first-order valence-electron chi connectivity index (χ1n) is 7.92. The molecule has 1 aromatic heterocycles. The molecule has 0 spiro atoms. The van der Waals surface area contributed by atoms with Gasteiger partial charge in [0.1, 0.15) is 6.54 Å². The topological polar surface area (TPSA) is 65.2 Å². The lowest BCUT2D eigenvalue weighted by Gasteiger charge is -2.31. The molecule has 1 aromatic rings. The van der Waals surface area contributed by atoms with E-state index in [1.54, 1.807) is 6.07 Å². The van der Waals surface area contributed by atoms with Gasteiger partial charge in [-0.2, -0.15) is 13.2 Å². The minimum atomic E-state index is -4.41. The molecule has 0 aromatic carbocycles. The summed E-state index contributed by atoms with van der Waals surface area (Å²) >= 11 is 0. The maximum absolute atomic E-state index is 12.4. The van der Waals surface area contributed by atoms with E-state index in [4.69, 9.17) is 0 Å². The van der Waals surface area contributed by atoms with Crippen LogP contribution >= 0.6 is 0 Å². The van der Waals surface area contributed by atoms with Gasteiger partial charge in [0, 0.05) is 23.5 Å². The summed E-state index contributed by atoms with van der Waals surface area (Å²) in [4.78, 5) is 29.2. The van der Waals surface area contributed by atoms with Gasteiger partial charge in [-0.15, -0.1) is 0 Å². The molecule has 2 N–H and O–H groups in total. The zero-order chi connectivity index (χ0) is 17.9. The second-order valence-corrected chi connectivity index (χ2v) is 6.32. The van der Waals surface area contributed by atoms with E-state index < -0.39 is 24.5 Å². The molecule has 1 amide bonds. The van der Waals surface area contributed by atoms with E-state index in [-0.39, 0.29) is 12.3 Å². The lowest BCUT2D eigenvalue weighted by atomic mass is 9.96. The molecule has 2 rings (SSSR count). The summed E-state index contributed by atoms with van der Waals surface area (Å²) in [6, 6.07) is 1.79. The van der Waals surface area contributed by atoms with E-state index in [2.05, 4.69) is 4.98 Å². The Morgan fingerprint density at radius 3 is 2.67 bits per heavy atom. The van der Waals surface area contributed by atoms with Crippen LogP contribution in [0.1, 0.15) is 34.6 Å². The minimum absolute atomic E-state index is 0.0480. The third kappa shape index (κ3) is 5.09. The first-order valence-corrected chi connectivity index (χ1v) is 7.92. The molecule has 5 nitrogen and oxygen atoms in total. The third-order valence-corrected chi connectivity index (χ3v) is 4.16. The van der Waals surface area contributed by atoms with Gasteiger partial charge in [0.2, 0.25) is 5.91 Å². The molecule has 1 saturated heterocycles. The van der Waals surface area contributed by atoms with Crippen LogP contribution in [-0.2, 0) is 4.79 Å². The van der Waals surface area contributed by atoms with Gasteiger partial charge in [-0.1, -0.05) is 0 Å². The summed E-state index contributed by atoms with van der Waals surface area (Å²) in [6.45, 7) is 3.51. The molecule has 0 aliphatic carbocycles. The molecule has 0 saturated carbocycles. The maximum atomic E-state index is 12.4. The Morgan fingerprint density at radius 1 is 1.38 bits per heavy atom. The van der Waals surface area contributed by atoms with Crippen LogP contribution in [0, 0.1) is 19.8 Å². The lowest BCUT2D eigenvalue weighted by molar-refractivity contribution is -0.141. The molecule has 2 heterocycles. The van der Waals surface area contributed by atoms with E-state index in [0.29, 0.717) is 31.5 Å². The molecule has 1 atom stereocenters. The number of hydrogen-bond acceptors (Lipinski definition) is 3. The summed E-state index contributed by atoms with van der Waals surface area (Å²) < 4.78 is 36.6. The number of Topliss-reactive ketones (excluding diaryl/α,β-unsaturated/α-hetero) is 1. The molecule has 1 fully saturated rings. The number of alkyl halides is 3. The summed E-state index contributed by atoms with van der Waals surface area (Å²) in [5, 5.41) is 1.93. The fourth-order valence-corrected chi connectivity index (χ4v) is 3.05. The average molecular weight is 345 g/mol. The smallest absolute Gasteiger partial charge is 0.362 e. The van der Waals surface area contributed by atoms with E-state index in [0.717, 1.165) is 11.4 Å². The van der Waals surface area contributed by atoms with Crippen molar-refractivity contribution in [3.05, 3.63) is 23.0 Å². The van der Waals surface area contributed by atoms with Crippen LogP contribution in [0.4, 0.5) is 13.2 Å². The number of nitrogens with zero attached hydrogens (tertiary/aromatic N) is 1. The van der Waals surface area contributed by atoms with Crippen LogP contribution in [0.5, 0.6) is 0 Å². The highest BCUT2D eigenvalue weighted by molar-refractivity contribution is 5.98. The van der Waals surface area contributed by atoms with Gasteiger partial charge >= 0.3 is 6.18 Å². The Bertz CT molecular complexity index is 610. The van der Waals surface area contributed by atoms with E-state index in [1.165, 1.54) is 0 Å². The number of rotatable bonds is 5. The minimum Gasteiger partial charge on any atom is -0.362 e. The highest BCUT2D eigenvalue weighted by Gasteiger charge is 2.31. The molecule has 1 aliphatic heterocycles. The van der Waals surface area contributed by atoms with Gasteiger partial charge in [0.05, 0.1) is 12.5 Å². The number of piperidine rings is 1. The molecular formula is C16H22F3N3O2. The van der Waals surface area contributed by atoms with Crippen LogP contribution in [0.2, 0.25) is 0 Å². The van der Waals surface area contributed by atoms with Gasteiger partial charge in [0.15, 0.2) is 5.78 Å². The van der Waals surface area contributed by atoms with Crippen molar-refractivity contribution in [1.29, 1.82) is 0 Å². The lowest BCUT2D eigenvalue weighted by Crippen LogP contribution is -2.46. The Hall–Kier alpha value is -1.83. The number of amides is 1. The average Bonchev–Trinajstić information content (AvgIpc) is 2.83. The van der Waals surface area contributed by atoms with Gasteiger partial charge in [-0.25, -0.2) is 0 Å². The molecule has 1 aliphatic rings. The van der Waals surface area contributed by atoms with Crippen molar-refractivity contribution in [3.63, 3.8) is 0 Å². The van der Waals surface area contributed by atoms with Crippen molar-refractivity contribution in [2.75, 3.05) is 26.2 Å². The van der Waals surface area contributed by atoms with Crippen molar-refractivity contribution < 1.29 is 22.8 Å². The van der Waals surface area contributed by atoms with Gasteiger partial charge in [-0.3, -0.25) is 14.5 Å². The maximum Gasteiger partial charge on any atom is 0.405 e. The van der Waals surface area contributed by atoms with Crippen LogP contribution in [0.3, 0.4) is 0 Å². The van der Waals surface area contributed by atoms with Crippen LogP contribution in [0.15, 0.2) is 6.07 Å². The van der Waals surface area contributed by atoms with Crippen molar-refractivity contribution in [3.8, 4) is 0 Å². The molecule has 8 heteroatoms. The number of likely N-dealkylation sites (tertiary alicyclic amines) is 1. The number of carbonyl (C=O) groups is 2. The quantitative estimate of drug-likeness (QED) is 0.804. The largest absolute Gasteiger partial charge is 0.405 e. The fraction of sp³-hybridized carbons (Fsp3) is 0.625. The Balaban J connectivity index is 1.90. The monoisotopic (exact) mass is 345 g/mol. The normalized spacial score (nSPS) is 19.3. The second-order valence-electron chi connectivity index (χ2n) is 6.32. The van der Waals surface area contributed by atoms with Crippen LogP contribution in [-0.4, -0.2) is 53.9 Å². The Morgan fingerprint density at radius 2 is 2.08 bits per heavy atom. The summed E-state index contributed by atoms with van der Waals surface area (Å²) in [6.07, 6.45) is -3.19. The van der Waals surface area contributed by atoms with Crippen molar-refractivity contribution >= 4 is 11.7 Å². The Labute approximate surface area is 138 Å². The first kappa shape index (κ1) is 18.5. The number of halogens is 3. The van der Waals surface area contributed by atoms with Crippen molar-refractivity contribution in [2.45, 2.75) is 32.9 Å². The molecule has 0 bridgehead atoms. The van der Waals surface area contributed by atoms with E-state index >= 15 is 0 Å². The molecular weight excluding hydrogens is 323 g/mol. The third-order valence-electron chi connectivity index (χ3n) is 4.16. The summed E-state index contributed by atoms with van der Waals surface area (Å²) in [7, 11) is 0. The van der Waals surface area contributed by atoms with Gasteiger partial charge in [-0.05, 0) is 39.3 Å². The number of carbonyl (C=O) groups excluding carboxylic acids is 2. The standard InChI is InChI=1S/C16H22F3N3O2/c1-10-6-13(11(2)21-10)14(23)8-22-5-3-4-12(7-22)15(24)20-9-16(17,18)19/h6,12,21H,3-5,7-9H2,1-2H3,(H,20,24)/t12-/m0/s1. The van der Waals surface area contributed by atoms with E-state index in [9.17, 15) is 22.8 Å². The molecule has 0 radical (unpaired) electrons. The van der Waals surface area contributed by atoms with Gasteiger partial charge in [0.25, 0.3) is 0 Å². The number of nitrogens with one attached hydrogen (secondary N) is 2. The number of aryl methyl sites for hydroxylation is 2. The van der Waals surface area contributed by atoms with Crippen molar-refractivity contribution in [1.82, 2.24) is 15.2 Å². The predicted molar refractivity (Wildman–Crippen MR) is 82.8 cm³/mol. The second kappa shape index (κ2) is 7.38. The zero-order valence-corrected chi connectivity index (χ0v) is 13.8. The van der Waals surface area contributed by atoms with E-state index in [1.807, 2.05) is 24.1 Å². The SMILES string of the molecule is Cc1cc(C(=O)CN2CCC[C@H](C(=O)NCC(F)(F)F)C2)c(C)[nH]1. The van der Waals surface area contributed by atoms with Crippen molar-refractivity contribution in [2.24, 2.45) is 5.92 Å².